The van der Waals surface area contributed by atoms with Crippen molar-refractivity contribution in [3.8, 4) is 22.8 Å². The average molecular weight is 436 g/mol. The number of rotatable bonds is 4. The Balaban J connectivity index is 1.35. The zero-order chi connectivity index (χ0) is 22.2. The van der Waals surface area contributed by atoms with Crippen LogP contribution in [0.1, 0.15) is 11.1 Å². The highest BCUT2D eigenvalue weighted by molar-refractivity contribution is 5.78. The Morgan fingerprint density at radius 3 is 2.56 bits per heavy atom. The van der Waals surface area contributed by atoms with Gasteiger partial charge in [0.2, 0.25) is 11.7 Å². The lowest BCUT2D eigenvalue weighted by Gasteiger charge is -2.37. The second kappa shape index (κ2) is 8.23. The third-order valence-corrected chi connectivity index (χ3v) is 6.17. The monoisotopic (exact) mass is 436 g/mol. The summed E-state index contributed by atoms with van der Waals surface area (Å²) in [6.07, 6.45) is 0.760. The van der Waals surface area contributed by atoms with E-state index in [9.17, 15) is 9.18 Å². The Bertz CT molecular complexity index is 1160. The SMILES string of the molecule is NCC(=O)N1CCc2ccc(-c3noc(-c4ccc(N5CC(F)C5)c(N)c4)n3)cc2CC1. The number of carbonyl (C=O) groups is 1. The largest absolute Gasteiger partial charge is 0.397 e. The molecule has 3 heterocycles. The number of fused-ring (bicyclic) bond motifs is 1. The molecule has 2 aliphatic heterocycles. The van der Waals surface area contributed by atoms with E-state index >= 15 is 0 Å². The molecule has 0 spiro atoms. The minimum Gasteiger partial charge on any atom is -0.397 e. The summed E-state index contributed by atoms with van der Waals surface area (Å²) in [6, 6.07) is 11.6. The normalized spacial score (nSPS) is 16.4. The first-order valence-corrected chi connectivity index (χ1v) is 10.7. The number of hydrogen-bond donors (Lipinski definition) is 2. The zero-order valence-electron chi connectivity index (χ0n) is 17.6. The molecule has 4 N–H and O–H groups in total. The predicted molar refractivity (Wildman–Crippen MR) is 120 cm³/mol. The summed E-state index contributed by atoms with van der Waals surface area (Å²) >= 11 is 0. The third kappa shape index (κ3) is 3.80. The van der Waals surface area contributed by atoms with E-state index in [1.165, 1.54) is 11.1 Å². The molecule has 0 aliphatic carbocycles. The molecule has 2 aliphatic rings. The van der Waals surface area contributed by atoms with Gasteiger partial charge in [0.1, 0.15) is 6.17 Å². The van der Waals surface area contributed by atoms with E-state index in [-0.39, 0.29) is 12.5 Å². The van der Waals surface area contributed by atoms with Gasteiger partial charge in [-0.25, -0.2) is 4.39 Å². The van der Waals surface area contributed by atoms with Crippen molar-refractivity contribution in [3.63, 3.8) is 0 Å². The molecule has 5 rings (SSSR count). The first kappa shape index (κ1) is 20.4. The molecule has 2 aromatic carbocycles. The number of nitrogen functional groups attached to an aromatic ring is 1. The van der Waals surface area contributed by atoms with Crippen LogP contribution in [0, 0.1) is 0 Å². The van der Waals surface area contributed by atoms with E-state index in [2.05, 4.69) is 22.3 Å². The van der Waals surface area contributed by atoms with Gasteiger partial charge in [-0.1, -0.05) is 17.3 Å². The van der Waals surface area contributed by atoms with Gasteiger partial charge < -0.3 is 25.8 Å². The first-order valence-electron chi connectivity index (χ1n) is 10.7. The quantitative estimate of drug-likeness (QED) is 0.602. The Labute approximate surface area is 185 Å². The van der Waals surface area contributed by atoms with Crippen LogP contribution in [0.2, 0.25) is 0 Å². The molecular formula is C23H25FN6O2. The maximum absolute atomic E-state index is 13.2. The van der Waals surface area contributed by atoms with Gasteiger partial charge in [0, 0.05) is 24.2 Å². The molecule has 0 atom stereocenters. The van der Waals surface area contributed by atoms with Gasteiger partial charge in [-0.2, -0.15) is 4.98 Å². The number of amides is 1. The van der Waals surface area contributed by atoms with Crippen LogP contribution < -0.4 is 16.4 Å². The van der Waals surface area contributed by atoms with Crippen LogP contribution in [-0.4, -0.2) is 59.8 Å². The van der Waals surface area contributed by atoms with E-state index in [0.717, 1.165) is 24.1 Å². The summed E-state index contributed by atoms with van der Waals surface area (Å²) in [5.74, 6) is 0.845. The molecule has 32 heavy (non-hydrogen) atoms. The standard InChI is InChI=1S/C23H25FN6O2/c24-18-12-30(13-18)20-4-3-17(10-19(20)26)23-27-22(28-32-23)16-2-1-14-5-7-29(21(31)11-25)8-6-15(14)9-16/h1-4,9-10,18H,5-8,11-13,25-26H2. The van der Waals surface area contributed by atoms with Gasteiger partial charge in [-0.3, -0.25) is 4.79 Å². The van der Waals surface area contributed by atoms with Crippen LogP contribution in [-0.2, 0) is 17.6 Å². The molecule has 0 bridgehead atoms. The number of benzene rings is 2. The van der Waals surface area contributed by atoms with Crippen molar-refractivity contribution >= 4 is 17.3 Å². The van der Waals surface area contributed by atoms with Gasteiger partial charge in [0.15, 0.2) is 0 Å². The summed E-state index contributed by atoms with van der Waals surface area (Å²) in [5.41, 5.74) is 17.0. The first-order chi connectivity index (χ1) is 15.5. The predicted octanol–water partition coefficient (Wildman–Crippen LogP) is 2.03. The van der Waals surface area contributed by atoms with E-state index in [0.29, 0.717) is 49.1 Å². The Morgan fingerprint density at radius 1 is 1.09 bits per heavy atom. The number of carbonyl (C=O) groups excluding carboxylic acids is 1. The average Bonchev–Trinajstić information content (AvgIpc) is 3.18. The Morgan fingerprint density at radius 2 is 1.84 bits per heavy atom. The molecule has 3 aromatic rings. The number of alkyl halides is 1. The summed E-state index contributed by atoms with van der Waals surface area (Å²) < 4.78 is 18.6. The van der Waals surface area contributed by atoms with Crippen molar-refractivity contribution in [1.29, 1.82) is 0 Å². The molecule has 1 fully saturated rings. The van der Waals surface area contributed by atoms with Gasteiger partial charge in [0.25, 0.3) is 5.89 Å². The highest BCUT2D eigenvalue weighted by Crippen LogP contribution is 2.33. The summed E-state index contributed by atoms with van der Waals surface area (Å²) in [6.45, 7) is 2.09. The number of halogens is 1. The molecule has 0 radical (unpaired) electrons. The Kier molecular flexibility index (Phi) is 5.26. The van der Waals surface area contributed by atoms with E-state index in [1.54, 1.807) is 6.07 Å². The van der Waals surface area contributed by atoms with Crippen molar-refractivity contribution in [2.75, 3.05) is 43.4 Å². The van der Waals surface area contributed by atoms with E-state index in [4.69, 9.17) is 16.0 Å². The summed E-state index contributed by atoms with van der Waals surface area (Å²) in [4.78, 5) is 20.2. The topological polar surface area (TPSA) is 115 Å². The van der Waals surface area contributed by atoms with E-state index in [1.807, 2.05) is 28.0 Å². The Hall–Kier alpha value is -3.46. The van der Waals surface area contributed by atoms with E-state index < -0.39 is 6.17 Å². The molecule has 0 saturated carbocycles. The zero-order valence-corrected chi connectivity index (χ0v) is 17.6. The fourth-order valence-electron chi connectivity index (χ4n) is 4.30. The molecule has 1 aromatic heterocycles. The summed E-state index contributed by atoms with van der Waals surface area (Å²) in [5, 5.41) is 4.15. The third-order valence-electron chi connectivity index (χ3n) is 6.17. The van der Waals surface area contributed by atoms with Crippen molar-refractivity contribution in [2.45, 2.75) is 19.0 Å². The van der Waals surface area contributed by atoms with Gasteiger partial charge in [-0.05, 0) is 48.2 Å². The van der Waals surface area contributed by atoms with Gasteiger partial charge in [0.05, 0.1) is 31.0 Å². The highest BCUT2D eigenvalue weighted by Gasteiger charge is 2.28. The van der Waals surface area contributed by atoms with Crippen molar-refractivity contribution < 1.29 is 13.7 Å². The lowest BCUT2D eigenvalue weighted by Crippen LogP contribution is -2.48. The van der Waals surface area contributed by atoms with Gasteiger partial charge in [-0.15, -0.1) is 0 Å². The van der Waals surface area contributed by atoms with Crippen LogP contribution in [0.15, 0.2) is 40.9 Å². The van der Waals surface area contributed by atoms with Crippen molar-refractivity contribution in [2.24, 2.45) is 5.73 Å². The number of nitrogens with two attached hydrogens (primary N) is 2. The van der Waals surface area contributed by atoms with Crippen LogP contribution in [0.3, 0.4) is 0 Å². The maximum Gasteiger partial charge on any atom is 0.258 e. The molecule has 0 unspecified atom stereocenters. The van der Waals surface area contributed by atoms with Crippen LogP contribution in [0.5, 0.6) is 0 Å². The number of aromatic nitrogens is 2. The summed E-state index contributed by atoms with van der Waals surface area (Å²) in [7, 11) is 0. The van der Waals surface area contributed by atoms with Crippen LogP contribution in [0.4, 0.5) is 15.8 Å². The highest BCUT2D eigenvalue weighted by atomic mass is 19.1. The molecule has 8 nitrogen and oxygen atoms in total. The maximum atomic E-state index is 13.2. The lowest BCUT2D eigenvalue weighted by molar-refractivity contribution is -0.129. The van der Waals surface area contributed by atoms with Crippen LogP contribution >= 0.6 is 0 Å². The molecule has 1 saturated heterocycles. The smallest absolute Gasteiger partial charge is 0.258 e. The second-order valence-electron chi connectivity index (χ2n) is 8.27. The van der Waals surface area contributed by atoms with Gasteiger partial charge >= 0.3 is 0 Å². The molecular weight excluding hydrogens is 411 g/mol. The second-order valence-corrected chi connectivity index (χ2v) is 8.27. The van der Waals surface area contributed by atoms with Crippen molar-refractivity contribution in [3.05, 3.63) is 47.5 Å². The van der Waals surface area contributed by atoms with Crippen LogP contribution in [0.25, 0.3) is 22.8 Å². The number of nitrogens with zero attached hydrogens (tertiary/aromatic N) is 4. The minimum atomic E-state index is -0.794. The minimum absolute atomic E-state index is 0.0234. The molecule has 9 heteroatoms. The fraction of sp³-hybridized carbons (Fsp3) is 0.348. The number of anilines is 2. The fourth-order valence-corrected chi connectivity index (χ4v) is 4.30. The lowest BCUT2D eigenvalue weighted by atomic mass is 10.00. The molecule has 1 amide bonds. The molecule has 166 valence electrons. The van der Waals surface area contributed by atoms with Crippen molar-refractivity contribution in [1.82, 2.24) is 15.0 Å². The number of hydrogen-bond acceptors (Lipinski definition) is 7.